The molecule has 37 heavy (non-hydrogen) atoms. The number of hydrogen-bond donors (Lipinski definition) is 2. The molecular weight excluding hydrogens is 481 g/mol. The lowest BCUT2D eigenvalue weighted by Gasteiger charge is -2.16. The maximum Gasteiger partial charge on any atom is 0.421 e. The van der Waals surface area contributed by atoms with Gasteiger partial charge < -0.3 is 20.1 Å². The molecule has 1 saturated carbocycles. The van der Waals surface area contributed by atoms with Crippen LogP contribution in [0.4, 0.5) is 36.3 Å². The Kier molecular flexibility index (Phi) is 9.09. The van der Waals surface area contributed by atoms with Gasteiger partial charge in [0.05, 0.1) is 12.7 Å². The van der Waals surface area contributed by atoms with E-state index in [1.54, 1.807) is 48.5 Å². The summed E-state index contributed by atoms with van der Waals surface area (Å²) in [6, 6.07) is 14.0. The van der Waals surface area contributed by atoms with Gasteiger partial charge in [0.1, 0.15) is 22.9 Å². The molecule has 4 rings (SSSR count). The molecule has 0 radical (unpaired) electrons. The third kappa shape index (κ3) is 8.00. The van der Waals surface area contributed by atoms with E-state index < -0.39 is 11.7 Å². The molecular formula is C28H33F3N4O2. The van der Waals surface area contributed by atoms with Crippen molar-refractivity contribution in [1.82, 2.24) is 9.97 Å². The van der Waals surface area contributed by atoms with Crippen LogP contribution in [0.15, 0.2) is 54.7 Å². The predicted molar refractivity (Wildman–Crippen MR) is 139 cm³/mol. The lowest BCUT2D eigenvalue weighted by molar-refractivity contribution is -0.137. The Morgan fingerprint density at radius 3 is 2.16 bits per heavy atom. The van der Waals surface area contributed by atoms with Gasteiger partial charge in [0.25, 0.3) is 0 Å². The van der Waals surface area contributed by atoms with Gasteiger partial charge in [0, 0.05) is 17.6 Å². The molecule has 0 atom stereocenters. The van der Waals surface area contributed by atoms with Gasteiger partial charge in [0.2, 0.25) is 5.95 Å². The summed E-state index contributed by atoms with van der Waals surface area (Å²) in [5, 5.41) is 5.75. The van der Waals surface area contributed by atoms with E-state index in [2.05, 4.69) is 27.5 Å². The third-order valence-electron chi connectivity index (χ3n) is 6.19. The van der Waals surface area contributed by atoms with E-state index >= 15 is 0 Å². The maximum absolute atomic E-state index is 13.6. The zero-order valence-corrected chi connectivity index (χ0v) is 21.0. The van der Waals surface area contributed by atoms with Crippen LogP contribution in [-0.4, -0.2) is 22.7 Å². The van der Waals surface area contributed by atoms with E-state index in [0.29, 0.717) is 23.7 Å². The first kappa shape index (κ1) is 26.6. The van der Waals surface area contributed by atoms with Crippen LogP contribution in [0.1, 0.15) is 63.9 Å². The van der Waals surface area contributed by atoms with E-state index in [9.17, 15) is 13.2 Å². The van der Waals surface area contributed by atoms with Gasteiger partial charge in [-0.2, -0.15) is 18.2 Å². The molecule has 2 N–H and O–H groups in total. The number of nitrogens with zero attached hydrogens (tertiary/aromatic N) is 2. The normalized spacial score (nSPS) is 13.9. The predicted octanol–water partition coefficient (Wildman–Crippen LogP) is 8.26. The Balaban J connectivity index is 1.41. The second kappa shape index (κ2) is 12.7. The molecule has 0 aliphatic heterocycles. The summed E-state index contributed by atoms with van der Waals surface area (Å²) in [5.74, 6) is 1.15. The summed E-state index contributed by atoms with van der Waals surface area (Å²) in [4.78, 5) is 8.00. The van der Waals surface area contributed by atoms with Gasteiger partial charge in [-0.1, -0.05) is 26.2 Å². The highest BCUT2D eigenvalue weighted by Crippen LogP contribution is 2.36. The Morgan fingerprint density at radius 2 is 1.51 bits per heavy atom. The van der Waals surface area contributed by atoms with E-state index in [4.69, 9.17) is 9.47 Å². The van der Waals surface area contributed by atoms with Crippen molar-refractivity contribution in [3.05, 3.63) is 60.3 Å². The molecule has 0 amide bonds. The molecule has 0 saturated heterocycles. The number of alkyl halides is 3. The molecule has 198 valence electrons. The smallest absolute Gasteiger partial charge is 0.421 e. The first-order valence-corrected chi connectivity index (χ1v) is 12.9. The number of benzene rings is 2. The lowest BCUT2D eigenvalue weighted by atomic mass is 10.2. The van der Waals surface area contributed by atoms with Gasteiger partial charge >= 0.3 is 6.18 Å². The molecule has 1 heterocycles. The standard InChI is InChI=1S/C28H33F3N4O2/c1-2-3-4-7-18-36-22-14-10-21(11-15-22)34-27-32-19-25(28(29,30)31)26(35-27)33-20-12-16-24(17-13-20)37-23-8-5-6-9-23/h10-17,19,23H,2-9,18H2,1H3,(H2,32,33,34,35). The molecule has 1 aromatic heterocycles. The second-order valence-electron chi connectivity index (χ2n) is 9.19. The van der Waals surface area contributed by atoms with Crippen molar-refractivity contribution in [2.75, 3.05) is 17.2 Å². The average Bonchev–Trinajstić information content (AvgIpc) is 3.39. The van der Waals surface area contributed by atoms with Crippen molar-refractivity contribution in [1.29, 1.82) is 0 Å². The van der Waals surface area contributed by atoms with Gasteiger partial charge in [-0.25, -0.2) is 4.98 Å². The lowest BCUT2D eigenvalue weighted by Crippen LogP contribution is -2.13. The fourth-order valence-corrected chi connectivity index (χ4v) is 4.18. The van der Waals surface area contributed by atoms with Crippen molar-refractivity contribution in [3.8, 4) is 11.5 Å². The number of aromatic nitrogens is 2. The monoisotopic (exact) mass is 514 g/mol. The summed E-state index contributed by atoms with van der Waals surface area (Å²) < 4.78 is 52.6. The van der Waals surface area contributed by atoms with Crippen molar-refractivity contribution >= 4 is 23.1 Å². The van der Waals surface area contributed by atoms with E-state index in [0.717, 1.165) is 50.5 Å². The molecule has 1 fully saturated rings. The van der Waals surface area contributed by atoms with Crippen LogP contribution in [0.25, 0.3) is 0 Å². The first-order chi connectivity index (χ1) is 17.9. The Morgan fingerprint density at radius 1 is 0.865 bits per heavy atom. The minimum Gasteiger partial charge on any atom is -0.494 e. The number of hydrogen-bond acceptors (Lipinski definition) is 6. The molecule has 0 bridgehead atoms. The fraction of sp³-hybridized carbons (Fsp3) is 0.429. The summed E-state index contributed by atoms with van der Waals surface area (Å²) in [6.45, 7) is 2.81. The Bertz CT molecular complexity index is 1120. The number of unbranched alkanes of at least 4 members (excludes halogenated alkanes) is 3. The van der Waals surface area contributed by atoms with Gasteiger partial charge in [-0.05, 0) is 80.6 Å². The summed E-state index contributed by atoms with van der Waals surface area (Å²) in [5.41, 5.74) is 0.156. The fourth-order valence-electron chi connectivity index (χ4n) is 4.18. The zero-order valence-electron chi connectivity index (χ0n) is 21.0. The van der Waals surface area contributed by atoms with Gasteiger partial charge in [0.15, 0.2) is 0 Å². The molecule has 0 unspecified atom stereocenters. The van der Waals surface area contributed by atoms with Crippen LogP contribution in [0.5, 0.6) is 11.5 Å². The van der Waals surface area contributed by atoms with Gasteiger partial charge in [-0.3, -0.25) is 0 Å². The topological polar surface area (TPSA) is 68.3 Å². The summed E-state index contributed by atoms with van der Waals surface area (Å²) >= 11 is 0. The zero-order chi connectivity index (χ0) is 26.1. The second-order valence-corrected chi connectivity index (χ2v) is 9.19. The van der Waals surface area contributed by atoms with Crippen LogP contribution < -0.4 is 20.1 Å². The molecule has 0 spiro atoms. The number of nitrogens with one attached hydrogen (secondary N) is 2. The SMILES string of the molecule is CCCCCCOc1ccc(Nc2ncc(C(F)(F)F)c(Nc3ccc(OC4CCCC4)cc3)n2)cc1. The maximum atomic E-state index is 13.6. The molecule has 3 aromatic rings. The van der Waals surface area contributed by atoms with Crippen molar-refractivity contribution in [2.24, 2.45) is 0 Å². The van der Waals surface area contributed by atoms with Crippen LogP contribution in [0, 0.1) is 0 Å². The van der Waals surface area contributed by atoms with Crippen LogP contribution in [0.2, 0.25) is 0 Å². The average molecular weight is 515 g/mol. The quantitative estimate of drug-likeness (QED) is 0.237. The van der Waals surface area contributed by atoms with Crippen molar-refractivity contribution in [3.63, 3.8) is 0 Å². The van der Waals surface area contributed by atoms with E-state index in [1.807, 2.05) is 0 Å². The van der Waals surface area contributed by atoms with Crippen LogP contribution in [-0.2, 0) is 6.18 Å². The summed E-state index contributed by atoms with van der Waals surface area (Å²) in [7, 11) is 0. The third-order valence-corrected chi connectivity index (χ3v) is 6.19. The van der Waals surface area contributed by atoms with Crippen molar-refractivity contribution in [2.45, 2.75) is 70.6 Å². The Hall–Kier alpha value is -3.49. The molecule has 9 heteroatoms. The minimum atomic E-state index is -4.61. The number of rotatable bonds is 12. The molecule has 1 aliphatic carbocycles. The first-order valence-electron chi connectivity index (χ1n) is 12.9. The van der Waals surface area contributed by atoms with E-state index in [-0.39, 0.29) is 17.9 Å². The highest BCUT2D eigenvalue weighted by atomic mass is 19.4. The number of halogens is 3. The van der Waals surface area contributed by atoms with Gasteiger partial charge in [-0.15, -0.1) is 0 Å². The van der Waals surface area contributed by atoms with E-state index in [1.165, 1.54) is 12.8 Å². The largest absolute Gasteiger partial charge is 0.494 e. The molecule has 6 nitrogen and oxygen atoms in total. The van der Waals surface area contributed by atoms with Crippen LogP contribution >= 0.6 is 0 Å². The minimum absolute atomic E-state index is 0.0462. The molecule has 2 aromatic carbocycles. The molecule has 1 aliphatic rings. The van der Waals surface area contributed by atoms with Crippen molar-refractivity contribution < 1.29 is 22.6 Å². The summed E-state index contributed by atoms with van der Waals surface area (Å²) in [6.07, 6.45) is 5.25. The van der Waals surface area contributed by atoms with Crippen LogP contribution in [0.3, 0.4) is 0 Å². The highest BCUT2D eigenvalue weighted by molar-refractivity contribution is 5.63. The number of ether oxygens (including phenoxy) is 2. The Labute approximate surface area is 215 Å². The number of anilines is 4. The highest BCUT2D eigenvalue weighted by Gasteiger charge is 2.35.